The molecule has 1 fully saturated rings. The summed E-state index contributed by atoms with van der Waals surface area (Å²) in [5.41, 5.74) is 5.93. The molecule has 0 spiro atoms. The van der Waals surface area contributed by atoms with Crippen molar-refractivity contribution in [3.8, 4) is 0 Å². The summed E-state index contributed by atoms with van der Waals surface area (Å²) in [7, 11) is 0. The molecule has 76 valence electrons. The second-order valence-electron chi connectivity index (χ2n) is 4.02. The van der Waals surface area contributed by atoms with E-state index in [0.29, 0.717) is 18.1 Å². The Morgan fingerprint density at radius 1 is 1.38 bits per heavy atom. The Hall–Kier alpha value is -0.0200. The lowest BCUT2D eigenvalue weighted by atomic mass is 9.72. The van der Waals surface area contributed by atoms with Crippen molar-refractivity contribution in [1.29, 1.82) is 0 Å². The third-order valence-corrected chi connectivity index (χ3v) is 3.69. The Kier molecular flexibility index (Phi) is 4.26. The molecule has 2 N–H and O–H groups in total. The van der Waals surface area contributed by atoms with Gasteiger partial charge in [0.15, 0.2) is 5.12 Å². The van der Waals surface area contributed by atoms with Gasteiger partial charge < -0.3 is 5.73 Å². The molecule has 13 heavy (non-hydrogen) atoms. The zero-order chi connectivity index (χ0) is 9.73. The molecule has 0 aromatic rings. The van der Waals surface area contributed by atoms with E-state index in [0.717, 1.165) is 12.8 Å². The number of hydrogen-bond acceptors (Lipinski definition) is 3. The zero-order valence-electron chi connectivity index (χ0n) is 8.34. The van der Waals surface area contributed by atoms with Gasteiger partial charge in [-0.1, -0.05) is 31.0 Å². The summed E-state index contributed by atoms with van der Waals surface area (Å²) < 4.78 is 0. The Morgan fingerprint density at radius 2 is 2.00 bits per heavy atom. The molecule has 0 atom stereocenters. The summed E-state index contributed by atoms with van der Waals surface area (Å²) in [6.45, 7) is 0.680. The first-order valence-corrected chi connectivity index (χ1v) is 6.22. The number of thioether (sulfide) groups is 1. The molecule has 1 aliphatic rings. The molecule has 0 aromatic carbocycles. The van der Waals surface area contributed by atoms with Gasteiger partial charge >= 0.3 is 0 Å². The third kappa shape index (κ3) is 2.99. The molecule has 1 aliphatic carbocycles. The van der Waals surface area contributed by atoms with Crippen LogP contribution in [0.2, 0.25) is 0 Å². The predicted molar refractivity (Wildman–Crippen MR) is 57.7 cm³/mol. The number of hydrogen-bond donors (Lipinski definition) is 1. The molecule has 0 amide bonds. The van der Waals surface area contributed by atoms with Crippen LogP contribution in [-0.4, -0.2) is 17.9 Å². The second-order valence-corrected chi connectivity index (χ2v) is 4.88. The molecule has 0 aliphatic heterocycles. The van der Waals surface area contributed by atoms with Crippen molar-refractivity contribution in [1.82, 2.24) is 0 Å². The molecular weight excluding hydrogens is 182 g/mol. The molecule has 1 rings (SSSR count). The van der Waals surface area contributed by atoms with Gasteiger partial charge in [0.2, 0.25) is 0 Å². The van der Waals surface area contributed by atoms with Crippen molar-refractivity contribution in [2.75, 3.05) is 12.8 Å². The molecule has 1 saturated carbocycles. The van der Waals surface area contributed by atoms with Gasteiger partial charge in [0.05, 0.1) is 0 Å². The SMILES string of the molecule is CSC(=O)CC1(CN)CCCCC1. The highest BCUT2D eigenvalue weighted by Gasteiger charge is 2.32. The number of carbonyl (C=O) groups is 1. The van der Waals surface area contributed by atoms with Crippen molar-refractivity contribution in [2.24, 2.45) is 11.1 Å². The van der Waals surface area contributed by atoms with Gasteiger partial charge in [-0.05, 0) is 31.1 Å². The lowest BCUT2D eigenvalue weighted by molar-refractivity contribution is -0.113. The first-order chi connectivity index (χ1) is 6.22. The summed E-state index contributed by atoms with van der Waals surface area (Å²) in [5, 5.41) is 0.298. The van der Waals surface area contributed by atoms with Gasteiger partial charge in [-0.25, -0.2) is 0 Å². The lowest BCUT2D eigenvalue weighted by Gasteiger charge is -2.35. The minimum absolute atomic E-state index is 0.151. The van der Waals surface area contributed by atoms with Crippen molar-refractivity contribution in [3.05, 3.63) is 0 Å². The number of rotatable bonds is 3. The van der Waals surface area contributed by atoms with Crippen LogP contribution in [0.4, 0.5) is 0 Å². The quantitative estimate of drug-likeness (QED) is 0.761. The van der Waals surface area contributed by atoms with E-state index in [1.54, 1.807) is 0 Å². The van der Waals surface area contributed by atoms with E-state index in [9.17, 15) is 4.79 Å². The van der Waals surface area contributed by atoms with E-state index in [2.05, 4.69) is 0 Å². The van der Waals surface area contributed by atoms with Gasteiger partial charge in [0.1, 0.15) is 0 Å². The van der Waals surface area contributed by atoms with E-state index in [4.69, 9.17) is 5.73 Å². The average Bonchev–Trinajstić information content (AvgIpc) is 2.19. The van der Waals surface area contributed by atoms with E-state index in [1.807, 2.05) is 6.26 Å². The fourth-order valence-electron chi connectivity index (χ4n) is 2.13. The summed E-state index contributed by atoms with van der Waals surface area (Å²) >= 11 is 1.34. The number of carbonyl (C=O) groups excluding carboxylic acids is 1. The molecule has 0 bridgehead atoms. The maximum Gasteiger partial charge on any atom is 0.189 e. The molecule has 2 nitrogen and oxygen atoms in total. The minimum atomic E-state index is 0.151. The van der Waals surface area contributed by atoms with Gasteiger partial charge in [-0.3, -0.25) is 4.79 Å². The van der Waals surface area contributed by atoms with Crippen LogP contribution in [-0.2, 0) is 4.79 Å². The summed E-state index contributed by atoms with van der Waals surface area (Å²) in [4.78, 5) is 11.4. The van der Waals surface area contributed by atoms with Crippen LogP contribution < -0.4 is 5.73 Å². The highest BCUT2D eigenvalue weighted by Crippen LogP contribution is 2.39. The molecule has 0 heterocycles. The first kappa shape index (κ1) is 11.1. The predicted octanol–water partition coefficient (Wildman–Crippen LogP) is 2.18. The first-order valence-electron chi connectivity index (χ1n) is 4.99. The maximum atomic E-state index is 11.4. The molecular formula is C10H19NOS. The van der Waals surface area contributed by atoms with Crippen LogP contribution in [0, 0.1) is 5.41 Å². The monoisotopic (exact) mass is 201 g/mol. The van der Waals surface area contributed by atoms with Gasteiger partial charge in [0, 0.05) is 6.42 Å². The van der Waals surface area contributed by atoms with E-state index in [1.165, 1.54) is 31.0 Å². The van der Waals surface area contributed by atoms with Crippen LogP contribution in [0.3, 0.4) is 0 Å². The van der Waals surface area contributed by atoms with Crippen molar-refractivity contribution in [2.45, 2.75) is 38.5 Å². The largest absolute Gasteiger partial charge is 0.330 e. The third-order valence-electron chi connectivity index (χ3n) is 3.09. The van der Waals surface area contributed by atoms with Crippen LogP contribution in [0.15, 0.2) is 0 Å². The van der Waals surface area contributed by atoms with Crippen molar-refractivity contribution < 1.29 is 4.79 Å². The molecule has 0 saturated heterocycles. The highest BCUT2D eigenvalue weighted by molar-refractivity contribution is 8.13. The smallest absolute Gasteiger partial charge is 0.189 e. The van der Waals surface area contributed by atoms with Crippen molar-refractivity contribution in [3.63, 3.8) is 0 Å². The van der Waals surface area contributed by atoms with Gasteiger partial charge in [-0.2, -0.15) is 0 Å². The summed E-state index contributed by atoms with van der Waals surface area (Å²) in [6, 6.07) is 0. The Labute approximate surface area is 84.6 Å². The topological polar surface area (TPSA) is 43.1 Å². The van der Waals surface area contributed by atoms with Crippen LogP contribution >= 0.6 is 11.8 Å². The molecule has 0 radical (unpaired) electrons. The number of nitrogens with two attached hydrogens (primary N) is 1. The van der Waals surface area contributed by atoms with Gasteiger partial charge in [-0.15, -0.1) is 0 Å². The van der Waals surface area contributed by atoms with Crippen molar-refractivity contribution >= 4 is 16.9 Å². The lowest BCUT2D eigenvalue weighted by Crippen LogP contribution is -2.34. The Morgan fingerprint density at radius 3 is 2.46 bits per heavy atom. The fourth-order valence-corrected chi connectivity index (χ4v) is 2.58. The Balaban J connectivity index is 2.52. The van der Waals surface area contributed by atoms with E-state index < -0.39 is 0 Å². The average molecular weight is 201 g/mol. The van der Waals surface area contributed by atoms with Gasteiger partial charge in [0.25, 0.3) is 0 Å². The Bertz CT molecular complexity index is 176. The standard InChI is InChI=1S/C10H19NOS/c1-13-9(12)7-10(8-11)5-3-2-4-6-10/h2-8,11H2,1H3. The maximum absolute atomic E-state index is 11.4. The van der Waals surface area contributed by atoms with Crippen LogP contribution in [0.1, 0.15) is 38.5 Å². The second kappa shape index (κ2) is 5.01. The summed E-state index contributed by atoms with van der Waals surface area (Å²) in [5.74, 6) is 0. The van der Waals surface area contributed by atoms with E-state index in [-0.39, 0.29) is 5.41 Å². The fraction of sp³-hybridized carbons (Fsp3) is 0.900. The molecule has 0 unspecified atom stereocenters. The molecule has 0 aromatic heterocycles. The molecule has 3 heteroatoms. The van der Waals surface area contributed by atoms with Crippen LogP contribution in [0.5, 0.6) is 0 Å². The highest BCUT2D eigenvalue weighted by atomic mass is 32.2. The summed E-state index contributed by atoms with van der Waals surface area (Å²) in [6.07, 6.45) is 8.65. The van der Waals surface area contributed by atoms with Crippen LogP contribution in [0.25, 0.3) is 0 Å². The van der Waals surface area contributed by atoms with E-state index >= 15 is 0 Å². The minimum Gasteiger partial charge on any atom is -0.330 e. The normalized spacial score (nSPS) is 21.4. The zero-order valence-corrected chi connectivity index (χ0v) is 9.16.